The highest BCUT2D eigenvalue weighted by molar-refractivity contribution is 5.78. The van der Waals surface area contributed by atoms with Crippen LogP contribution in [0.5, 0.6) is 0 Å². The van der Waals surface area contributed by atoms with Gasteiger partial charge in [-0.1, -0.05) is 13.8 Å². The van der Waals surface area contributed by atoms with Crippen LogP contribution >= 0.6 is 0 Å². The monoisotopic (exact) mass is 210 g/mol. The van der Waals surface area contributed by atoms with Crippen molar-refractivity contribution in [1.29, 1.82) is 0 Å². The Hall–Kier alpha value is -0.570. The SMILES string of the molecule is CC[C@@H](C)C(=O)N[C@@H]1CCN2CCC[C@H]12. The van der Waals surface area contributed by atoms with E-state index in [1.807, 2.05) is 6.92 Å². The molecule has 3 atom stereocenters. The molecule has 15 heavy (non-hydrogen) atoms. The van der Waals surface area contributed by atoms with Gasteiger partial charge in [-0.25, -0.2) is 0 Å². The van der Waals surface area contributed by atoms with Gasteiger partial charge in [-0.05, 0) is 32.2 Å². The minimum absolute atomic E-state index is 0.167. The molecule has 3 nitrogen and oxygen atoms in total. The first-order valence-corrected chi connectivity index (χ1v) is 6.26. The number of hydrogen-bond donors (Lipinski definition) is 1. The van der Waals surface area contributed by atoms with Crippen LogP contribution in [0.25, 0.3) is 0 Å². The lowest BCUT2D eigenvalue weighted by Crippen LogP contribution is -2.44. The van der Waals surface area contributed by atoms with Crippen molar-refractivity contribution in [3.8, 4) is 0 Å². The van der Waals surface area contributed by atoms with Crippen molar-refractivity contribution in [1.82, 2.24) is 10.2 Å². The van der Waals surface area contributed by atoms with Gasteiger partial charge in [0.25, 0.3) is 0 Å². The average molecular weight is 210 g/mol. The van der Waals surface area contributed by atoms with Crippen LogP contribution in [0.2, 0.25) is 0 Å². The van der Waals surface area contributed by atoms with Crippen molar-refractivity contribution >= 4 is 5.91 Å². The Morgan fingerprint density at radius 3 is 3.00 bits per heavy atom. The van der Waals surface area contributed by atoms with E-state index < -0.39 is 0 Å². The Morgan fingerprint density at radius 1 is 1.47 bits per heavy atom. The molecule has 0 aromatic rings. The molecule has 0 unspecified atom stereocenters. The van der Waals surface area contributed by atoms with E-state index in [1.54, 1.807) is 0 Å². The fraction of sp³-hybridized carbons (Fsp3) is 0.917. The summed E-state index contributed by atoms with van der Waals surface area (Å²) in [5, 5.41) is 3.22. The van der Waals surface area contributed by atoms with E-state index in [1.165, 1.54) is 25.9 Å². The Kier molecular flexibility index (Phi) is 3.29. The molecule has 2 fully saturated rings. The van der Waals surface area contributed by atoms with Gasteiger partial charge in [0.2, 0.25) is 5.91 Å². The lowest BCUT2D eigenvalue weighted by atomic mass is 10.0. The topological polar surface area (TPSA) is 32.3 Å². The zero-order valence-corrected chi connectivity index (χ0v) is 9.83. The molecule has 2 rings (SSSR count). The number of carbonyl (C=O) groups excluding carboxylic acids is 1. The zero-order valence-electron chi connectivity index (χ0n) is 9.83. The van der Waals surface area contributed by atoms with Crippen LogP contribution in [0.1, 0.15) is 39.5 Å². The molecule has 0 radical (unpaired) electrons. The second-order valence-electron chi connectivity index (χ2n) is 4.96. The fourth-order valence-electron chi connectivity index (χ4n) is 2.76. The maximum Gasteiger partial charge on any atom is 0.223 e. The zero-order chi connectivity index (χ0) is 10.8. The van der Waals surface area contributed by atoms with Crippen LogP contribution in [-0.2, 0) is 4.79 Å². The maximum absolute atomic E-state index is 11.8. The number of hydrogen-bond acceptors (Lipinski definition) is 2. The molecule has 2 aliphatic heterocycles. The third-order valence-corrected chi connectivity index (χ3v) is 3.99. The predicted molar refractivity (Wildman–Crippen MR) is 60.6 cm³/mol. The van der Waals surface area contributed by atoms with Gasteiger partial charge in [-0.15, -0.1) is 0 Å². The molecule has 0 spiro atoms. The average Bonchev–Trinajstić information content (AvgIpc) is 2.81. The summed E-state index contributed by atoms with van der Waals surface area (Å²) in [5.74, 6) is 0.414. The van der Waals surface area contributed by atoms with Gasteiger partial charge in [0.1, 0.15) is 0 Å². The molecule has 0 aromatic heterocycles. The predicted octanol–water partition coefficient (Wildman–Crippen LogP) is 1.39. The summed E-state index contributed by atoms with van der Waals surface area (Å²) in [6.45, 7) is 6.49. The molecule has 2 saturated heterocycles. The molecule has 86 valence electrons. The molecule has 3 heteroatoms. The number of fused-ring (bicyclic) bond motifs is 1. The molecular weight excluding hydrogens is 188 g/mol. The summed E-state index contributed by atoms with van der Waals surface area (Å²) in [7, 11) is 0. The summed E-state index contributed by atoms with van der Waals surface area (Å²) in [6.07, 6.45) is 4.66. The smallest absolute Gasteiger partial charge is 0.223 e. The highest BCUT2D eigenvalue weighted by atomic mass is 16.1. The molecular formula is C12H22N2O. The third-order valence-electron chi connectivity index (χ3n) is 3.99. The second kappa shape index (κ2) is 4.52. The number of carbonyl (C=O) groups is 1. The van der Waals surface area contributed by atoms with E-state index in [2.05, 4.69) is 17.1 Å². The highest BCUT2D eigenvalue weighted by Crippen LogP contribution is 2.28. The van der Waals surface area contributed by atoms with Crippen molar-refractivity contribution < 1.29 is 4.79 Å². The molecule has 1 N–H and O–H groups in total. The van der Waals surface area contributed by atoms with Crippen molar-refractivity contribution in [2.45, 2.75) is 51.6 Å². The van der Waals surface area contributed by atoms with Crippen LogP contribution in [0.3, 0.4) is 0 Å². The summed E-state index contributed by atoms with van der Waals surface area (Å²) in [5.41, 5.74) is 0. The molecule has 0 aromatic carbocycles. The lowest BCUT2D eigenvalue weighted by molar-refractivity contribution is -0.125. The Labute approximate surface area is 92.2 Å². The van der Waals surface area contributed by atoms with Gasteiger partial charge < -0.3 is 5.32 Å². The lowest BCUT2D eigenvalue weighted by Gasteiger charge is -2.22. The Bertz CT molecular complexity index is 242. The molecule has 2 heterocycles. The number of amides is 1. The standard InChI is InChI=1S/C12H22N2O/c1-3-9(2)12(15)13-10-6-8-14-7-4-5-11(10)14/h9-11H,3-8H2,1-2H3,(H,13,15)/t9-,10-,11-/m1/s1. The van der Waals surface area contributed by atoms with E-state index >= 15 is 0 Å². The first-order chi connectivity index (χ1) is 7.22. The van der Waals surface area contributed by atoms with Gasteiger partial charge in [0, 0.05) is 24.5 Å². The van der Waals surface area contributed by atoms with Crippen LogP contribution in [0.4, 0.5) is 0 Å². The van der Waals surface area contributed by atoms with Gasteiger partial charge in [0.15, 0.2) is 0 Å². The van der Waals surface area contributed by atoms with Gasteiger partial charge in [-0.2, -0.15) is 0 Å². The largest absolute Gasteiger partial charge is 0.352 e. The van der Waals surface area contributed by atoms with E-state index in [0.29, 0.717) is 12.1 Å². The first kappa shape index (κ1) is 10.9. The summed E-state index contributed by atoms with van der Waals surface area (Å²) in [4.78, 5) is 14.3. The van der Waals surface area contributed by atoms with Crippen LogP contribution in [0, 0.1) is 5.92 Å². The maximum atomic E-state index is 11.8. The van der Waals surface area contributed by atoms with Crippen molar-refractivity contribution in [2.75, 3.05) is 13.1 Å². The summed E-state index contributed by atoms with van der Waals surface area (Å²) < 4.78 is 0. The quantitative estimate of drug-likeness (QED) is 0.763. The highest BCUT2D eigenvalue weighted by Gasteiger charge is 2.37. The van der Waals surface area contributed by atoms with Crippen LogP contribution in [0.15, 0.2) is 0 Å². The van der Waals surface area contributed by atoms with Crippen molar-refractivity contribution in [2.24, 2.45) is 5.92 Å². The molecule has 0 bridgehead atoms. The Balaban J connectivity index is 1.87. The van der Waals surface area contributed by atoms with Gasteiger partial charge >= 0.3 is 0 Å². The van der Waals surface area contributed by atoms with Crippen LogP contribution < -0.4 is 5.32 Å². The molecule has 0 aliphatic carbocycles. The van der Waals surface area contributed by atoms with E-state index in [0.717, 1.165) is 12.8 Å². The minimum Gasteiger partial charge on any atom is -0.352 e. The van der Waals surface area contributed by atoms with Crippen molar-refractivity contribution in [3.05, 3.63) is 0 Å². The number of nitrogens with one attached hydrogen (secondary N) is 1. The van der Waals surface area contributed by atoms with Crippen LogP contribution in [-0.4, -0.2) is 36.0 Å². The molecule has 1 amide bonds. The normalized spacial score (nSPS) is 32.7. The number of nitrogens with zero attached hydrogens (tertiary/aromatic N) is 1. The van der Waals surface area contributed by atoms with Gasteiger partial charge in [-0.3, -0.25) is 9.69 Å². The first-order valence-electron chi connectivity index (χ1n) is 6.26. The third kappa shape index (κ3) is 2.17. The van der Waals surface area contributed by atoms with E-state index in [9.17, 15) is 4.79 Å². The summed E-state index contributed by atoms with van der Waals surface area (Å²) in [6, 6.07) is 1.06. The second-order valence-corrected chi connectivity index (χ2v) is 4.96. The number of rotatable bonds is 3. The minimum atomic E-state index is 0.167. The fourth-order valence-corrected chi connectivity index (χ4v) is 2.76. The van der Waals surface area contributed by atoms with Gasteiger partial charge in [0.05, 0.1) is 0 Å². The van der Waals surface area contributed by atoms with E-state index in [-0.39, 0.29) is 11.8 Å². The molecule has 2 aliphatic rings. The Morgan fingerprint density at radius 2 is 2.27 bits per heavy atom. The molecule has 0 saturated carbocycles. The summed E-state index contributed by atoms with van der Waals surface area (Å²) >= 11 is 0. The van der Waals surface area contributed by atoms with Crippen molar-refractivity contribution in [3.63, 3.8) is 0 Å². The van der Waals surface area contributed by atoms with E-state index in [4.69, 9.17) is 0 Å².